The highest BCUT2D eigenvalue weighted by Gasteiger charge is 2.36. The molecule has 0 saturated heterocycles. The molecule has 0 radical (unpaired) electrons. The van der Waals surface area contributed by atoms with Gasteiger partial charge in [0.1, 0.15) is 0 Å². The summed E-state index contributed by atoms with van der Waals surface area (Å²) in [4.78, 5) is 2.13. The Kier molecular flexibility index (Phi) is 5.08. The van der Waals surface area contributed by atoms with Gasteiger partial charge in [-0.25, -0.2) is 0 Å². The third-order valence-electron chi connectivity index (χ3n) is 2.75. The molecule has 94 valence electrons. The Morgan fingerprint density at radius 1 is 1.24 bits per heavy atom. The van der Waals surface area contributed by atoms with Crippen LogP contribution in [0.1, 0.15) is 5.56 Å². The maximum atomic E-state index is 5.62. The van der Waals surface area contributed by atoms with Crippen LogP contribution in [0.2, 0.25) is 0 Å². The van der Waals surface area contributed by atoms with E-state index in [1.807, 2.05) is 31.9 Å². The molecule has 0 atom stereocenters. The minimum atomic E-state index is -2.47. The van der Waals surface area contributed by atoms with Gasteiger partial charge in [-0.3, -0.25) is 0 Å². The molecule has 0 aliphatic carbocycles. The molecule has 0 aromatic heterocycles. The van der Waals surface area contributed by atoms with Crippen LogP contribution in [0, 0.1) is 0 Å². The zero-order valence-electron chi connectivity index (χ0n) is 11.1. The summed E-state index contributed by atoms with van der Waals surface area (Å²) in [5, 5.41) is 1.13. The Balaban J connectivity index is 3.23. The number of hydrogen-bond donors (Lipinski definition) is 0. The van der Waals surface area contributed by atoms with Gasteiger partial charge < -0.3 is 13.8 Å². The van der Waals surface area contributed by atoms with Crippen LogP contribution in [0.25, 0.3) is 0 Å². The van der Waals surface area contributed by atoms with Gasteiger partial charge in [-0.1, -0.05) is 24.3 Å². The van der Waals surface area contributed by atoms with Crippen LogP contribution in [0.15, 0.2) is 36.5 Å². The number of benzene rings is 1. The van der Waals surface area contributed by atoms with Crippen molar-refractivity contribution in [1.29, 1.82) is 0 Å². The van der Waals surface area contributed by atoms with Gasteiger partial charge in [0.15, 0.2) is 0 Å². The lowest BCUT2D eigenvalue weighted by atomic mass is 10.2. The van der Waals surface area contributed by atoms with Crippen LogP contribution >= 0.6 is 0 Å². The predicted molar refractivity (Wildman–Crippen MR) is 73.4 cm³/mol. The zero-order valence-corrected chi connectivity index (χ0v) is 12.1. The molecule has 0 N–H and O–H groups in total. The molecular formula is C13H21NO2Si. The molecule has 3 nitrogen and oxygen atoms in total. The summed E-state index contributed by atoms with van der Waals surface area (Å²) in [7, 11) is 5.00. The Morgan fingerprint density at radius 2 is 1.82 bits per heavy atom. The van der Waals surface area contributed by atoms with E-state index in [4.69, 9.17) is 8.85 Å². The third kappa shape index (κ3) is 3.04. The molecule has 0 amide bonds. The lowest BCUT2D eigenvalue weighted by Gasteiger charge is -2.27. The molecule has 0 bridgehead atoms. The van der Waals surface area contributed by atoms with Gasteiger partial charge in [-0.05, 0) is 25.4 Å². The van der Waals surface area contributed by atoms with Gasteiger partial charge in [-0.15, -0.1) is 6.58 Å². The molecule has 0 spiro atoms. The second-order valence-corrected chi connectivity index (χ2v) is 7.27. The third-order valence-corrected chi connectivity index (χ3v) is 5.74. The normalized spacial score (nSPS) is 11.8. The lowest BCUT2D eigenvalue weighted by molar-refractivity contribution is 0.270. The molecule has 0 fully saturated rings. The first kappa shape index (κ1) is 14.1. The summed E-state index contributed by atoms with van der Waals surface area (Å²) in [6.45, 7) is 4.74. The summed E-state index contributed by atoms with van der Waals surface area (Å²) < 4.78 is 11.2. The number of rotatable bonds is 6. The molecule has 0 aliphatic heterocycles. The van der Waals surface area contributed by atoms with Crippen molar-refractivity contribution in [3.63, 3.8) is 0 Å². The summed E-state index contributed by atoms with van der Waals surface area (Å²) in [5.74, 6) is 0. The van der Waals surface area contributed by atoms with Gasteiger partial charge >= 0.3 is 8.56 Å². The van der Waals surface area contributed by atoms with Crippen molar-refractivity contribution in [2.45, 2.75) is 6.54 Å². The number of nitrogens with zero attached hydrogens (tertiary/aromatic N) is 1. The monoisotopic (exact) mass is 251 g/mol. The minimum Gasteiger partial charge on any atom is -0.391 e. The van der Waals surface area contributed by atoms with Crippen LogP contribution in [-0.4, -0.2) is 41.8 Å². The Bertz CT molecular complexity index is 375. The molecule has 1 aromatic rings. The predicted octanol–water partition coefficient (Wildman–Crippen LogP) is 1.42. The molecular weight excluding hydrogens is 230 g/mol. The van der Waals surface area contributed by atoms with Crippen LogP contribution in [-0.2, 0) is 15.4 Å². The quantitative estimate of drug-likeness (QED) is 0.714. The summed E-state index contributed by atoms with van der Waals surface area (Å²) in [6.07, 6.45) is 0. The lowest BCUT2D eigenvalue weighted by Crippen LogP contribution is -2.52. The first-order chi connectivity index (χ1) is 8.09. The maximum Gasteiger partial charge on any atom is 0.398 e. The molecule has 0 aliphatic rings. The zero-order chi connectivity index (χ0) is 12.9. The van der Waals surface area contributed by atoms with Gasteiger partial charge in [0.2, 0.25) is 0 Å². The standard InChI is InChI=1S/C13H21NO2Si/c1-6-17(15-4,16-5)13-10-8-7-9-12(13)11-14(2)3/h6-10H,1,11H2,2-5H3. The fourth-order valence-corrected chi connectivity index (χ4v) is 4.02. The van der Waals surface area contributed by atoms with Gasteiger partial charge in [0.05, 0.1) is 0 Å². The molecule has 0 unspecified atom stereocenters. The van der Waals surface area contributed by atoms with Crippen LogP contribution in [0.3, 0.4) is 0 Å². The van der Waals surface area contributed by atoms with Gasteiger partial charge in [-0.2, -0.15) is 0 Å². The van der Waals surface area contributed by atoms with E-state index in [1.54, 1.807) is 14.2 Å². The van der Waals surface area contributed by atoms with Crippen molar-refractivity contribution in [3.05, 3.63) is 42.1 Å². The summed E-state index contributed by atoms with van der Waals surface area (Å²) in [5.41, 5.74) is 3.05. The Morgan fingerprint density at radius 3 is 2.29 bits per heavy atom. The van der Waals surface area contributed by atoms with E-state index in [9.17, 15) is 0 Å². The Labute approximate surface area is 105 Å². The van der Waals surface area contributed by atoms with Crippen molar-refractivity contribution in [3.8, 4) is 0 Å². The highest BCUT2D eigenvalue weighted by molar-refractivity contribution is 6.85. The van der Waals surface area contributed by atoms with Crippen LogP contribution in [0.4, 0.5) is 0 Å². The van der Waals surface area contributed by atoms with E-state index in [0.29, 0.717) is 0 Å². The highest BCUT2D eigenvalue weighted by Crippen LogP contribution is 2.11. The SMILES string of the molecule is C=C[Si](OC)(OC)c1ccccc1CN(C)C. The van der Waals surface area contributed by atoms with E-state index in [1.165, 1.54) is 5.56 Å². The molecule has 0 saturated carbocycles. The van der Waals surface area contributed by atoms with Crippen molar-refractivity contribution in [1.82, 2.24) is 4.90 Å². The van der Waals surface area contributed by atoms with Crippen LogP contribution < -0.4 is 5.19 Å². The van der Waals surface area contributed by atoms with Crippen molar-refractivity contribution < 1.29 is 8.85 Å². The second-order valence-electron chi connectivity index (χ2n) is 4.17. The molecule has 1 rings (SSSR count). The summed E-state index contributed by atoms with van der Waals surface area (Å²) in [6, 6.07) is 8.23. The largest absolute Gasteiger partial charge is 0.398 e. The van der Waals surface area contributed by atoms with E-state index in [-0.39, 0.29) is 0 Å². The molecule has 1 aromatic carbocycles. The van der Waals surface area contributed by atoms with Crippen molar-refractivity contribution in [2.75, 3.05) is 28.3 Å². The first-order valence-electron chi connectivity index (χ1n) is 5.56. The molecule has 0 heterocycles. The van der Waals surface area contributed by atoms with Gasteiger partial charge in [0.25, 0.3) is 0 Å². The first-order valence-corrected chi connectivity index (χ1v) is 7.46. The summed E-state index contributed by atoms with van der Waals surface area (Å²) >= 11 is 0. The van der Waals surface area contributed by atoms with E-state index < -0.39 is 8.56 Å². The minimum absolute atomic E-state index is 0.867. The maximum absolute atomic E-state index is 5.62. The number of hydrogen-bond acceptors (Lipinski definition) is 3. The van der Waals surface area contributed by atoms with E-state index >= 15 is 0 Å². The van der Waals surface area contributed by atoms with Crippen molar-refractivity contribution >= 4 is 13.7 Å². The fraction of sp³-hybridized carbons (Fsp3) is 0.385. The average molecular weight is 251 g/mol. The molecule has 4 heteroatoms. The van der Waals surface area contributed by atoms with E-state index in [2.05, 4.69) is 23.6 Å². The highest BCUT2D eigenvalue weighted by atomic mass is 28.4. The topological polar surface area (TPSA) is 21.7 Å². The van der Waals surface area contributed by atoms with E-state index in [0.717, 1.165) is 11.7 Å². The smallest absolute Gasteiger partial charge is 0.391 e. The molecule has 17 heavy (non-hydrogen) atoms. The van der Waals surface area contributed by atoms with Crippen LogP contribution in [0.5, 0.6) is 0 Å². The van der Waals surface area contributed by atoms with Crippen molar-refractivity contribution in [2.24, 2.45) is 0 Å². The second kappa shape index (κ2) is 6.12. The van der Waals surface area contributed by atoms with Gasteiger partial charge in [0, 0.05) is 26.0 Å². The average Bonchev–Trinajstić information content (AvgIpc) is 2.33. The Hall–Kier alpha value is -0.943. The fourth-order valence-electron chi connectivity index (χ4n) is 1.92.